The number of hydrogen-bond donors (Lipinski definition) is 1. The zero-order valence-corrected chi connectivity index (χ0v) is 19.1. The van der Waals surface area contributed by atoms with Crippen LogP contribution in [-0.4, -0.2) is 79.8 Å². The lowest BCUT2D eigenvalue weighted by Gasteiger charge is -2.52. The van der Waals surface area contributed by atoms with Gasteiger partial charge in [0.25, 0.3) is 0 Å². The van der Waals surface area contributed by atoms with E-state index in [0.717, 1.165) is 61.1 Å². The van der Waals surface area contributed by atoms with E-state index in [0.29, 0.717) is 25.6 Å². The molecule has 2 aliphatic carbocycles. The van der Waals surface area contributed by atoms with Gasteiger partial charge in [-0.15, -0.1) is 0 Å². The smallest absolute Gasteiger partial charge is 0.217 e. The van der Waals surface area contributed by atoms with Crippen LogP contribution in [0.5, 0.6) is 0 Å². The third kappa shape index (κ3) is 3.44. The summed E-state index contributed by atoms with van der Waals surface area (Å²) >= 11 is 0. The molecular weight excluding hydrogens is 440 g/mol. The lowest BCUT2D eigenvalue weighted by molar-refractivity contribution is -0.00895. The van der Waals surface area contributed by atoms with Crippen molar-refractivity contribution in [1.29, 1.82) is 5.26 Å². The van der Waals surface area contributed by atoms with Gasteiger partial charge in [-0.1, -0.05) is 0 Å². The molecule has 172 valence electrons. The highest BCUT2D eigenvalue weighted by Crippen LogP contribution is 2.45. The van der Waals surface area contributed by atoms with Gasteiger partial charge in [-0.05, 0) is 31.7 Å². The van der Waals surface area contributed by atoms with Crippen LogP contribution >= 0.6 is 0 Å². The Morgan fingerprint density at radius 2 is 1.97 bits per heavy atom. The highest BCUT2D eigenvalue weighted by atomic mass is 32.2. The van der Waals surface area contributed by atoms with Crippen molar-refractivity contribution < 1.29 is 8.42 Å². The summed E-state index contributed by atoms with van der Waals surface area (Å²) in [5, 5.41) is 15.0. The lowest BCUT2D eigenvalue weighted by Crippen LogP contribution is -2.60. The molecule has 0 bridgehead atoms. The Bertz CT molecular complexity index is 1320. The maximum Gasteiger partial charge on any atom is 0.217 e. The number of rotatable bonds is 6. The van der Waals surface area contributed by atoms with Crippen LogP contribution in [0.4, 0.5) is 0 Å². The van der Waals surface area contributed by atoms with Crippen LogP contribution in [0.1, 0.15) is 32.1 Å². The van der Waals surface area contributed by atoms with Gasteiger partial charge in [-0.3, -0.25) is 9.58 Å². The number of fused-ring (bicyclic) bond motifs is 1. The lowest BCUT2D eigenvalue weighted by atomic mass is 9.70. The zero-order valence-electron chi connectivity index (χ0n) is 18.3. The van der Waals surface area contributed by atoms with Gasteiger partial charge in [0.2, 0.25) is 10.0 Å². The Kier molecular flexibility index (Phi) is 4.79. The molecule has 0 unspecified atom stereocenters. The molecule has 0 atom stereocenters. The molecule has 11 heteroatoms. The van der Waals surface area contributed by atoms with Crippen molar-refractivity contribution in [2.45, 2.75) is 48.9 Å². The number of H-pyrrole nitrogens is 1. The molecule has 4 heterocycles. The van der Waals surface area contributed by atoms with E-state index in [9.17, 15) is 13.7 Å². The van der Waals surface area contributed by atoms with Crippen molar-refractivity contribution in [3.63, 3.8) is 0 Å². The second-order valence-electron chi connectivity index (χ2n) is 9.44. The first-order valence-electron chi connectivity index (χ1n) is 11.4. The van der Waals surface area contributed by atoms with Crippen molar-refractivity contribution in [3.05, 3.63) is 31.0 Å². The predicted octanol–water partition coefficient (Wildman–Crippen LogP) is 1.70. The van der Waals surface area contributed by atoms with Gasteiger partial charge in [-0.25, -0.2) is 18.4 Å². The topological polar surface area (TPSA) is 124 Å². The summed E-state index contributed by atoms with van der Waals surface area (Å²) in [6, 6.07) is 4.65. The van der Waals surface area contributed by atoms with Crippen molar-refractivity contribution in [2.24, 2.45) is 0 Å². The molecule has 0 radical (unpaired) electrons. The van der Waals surface area contributed by atoms with Crippen molar-refractivity contribution in [3.8, 4) is 17.3 Å². The number of aromatic amines is 1. The molecule has 3 aliphatic rings. The number of nitrogens with one attached hydrogen (secondary N) is 1. The van der Waals surface area contributed by atoms with Crippen LogP contribution in [0, 0.1) is 11.3 Å². The van der Waals surface area contributed by atoms with Crippen molar-refractivity contribution in [1.82, 2.24) is 33.9 Å². The van der Waals surface area contributed by atoms with E-state index in [2.05, 4.69) is 31.0 Å². The Morgan fingerprint density at radius 1 is 1.18 bits per heavy atom. The molecule has 0 amide bonds. The minimum absolute atomic E-state index is 0.146. The highest BCUT2D eigenvalue weighted by Gasteiger charge is 2.50. The fourth-order valence-electron chi connectivity index (χ4n) is 5.34. The summed E-state index contributed by atoms with van der Waals surface area (Å²) < 4.78 is 28.6. The summed E-state index contributed by atoms with van der Waals surface area (Å²) in [4.78, 5) is 14.2. The van der Waals surface area contributed by atoms with Crippen molar-refractivity contribution in [2.75, 3.05) is 26.2 Å². The van der Waals surface area contributed by atoms with Crippen LogP contribution < -0.4 is 0 Å². The third-order valence-corrected chi connectivity index (χ3v) is 9.83. The second kappa shape index (κ2) is 7.62. The Labute approximate surface area is 192 Å². The van der Waals surface area contributed by atoms with E-state index in [-0.39, 0.29) is 10.8 Å². The predicted molar refractivity (Wildman–Crippen MR) is 121 cm³/mol. The summed E-state index contributed by atoms with van der Waals surface area (Å²) in [6.07, 6.45) is 10.8. The number of nitrogens with zero attached hydrogens (tertiary/aromatic N) is 7. The number of piperazine rings is 1. The number of nitriles is 1. The molecule has 33 heavy (non-hydrogen) atoms. The van der Waals surface area contributed by atoms with Gasteiger partial charge in [0, 0.05) is 55.6 Å². The van der Waals surface area contributed by atoms with Gasteiger partial charge in [-0.2, -0.15) is 14.7 Å². The van der Waals surface area contributed by atoms with E-state index < -0.39 is 10.0 Å². The molecule has 1 aliphatic heterocycles. The minimum Gasteiger partial charge on any atom is -0.346 e. The Balaban J connectivity index is 1.16. The largest absolute Gasteiger partial charge is 0.346 e. The number of hydrogen-bond acceptors (Lipinski definition) is 7. The zero-order chi connectivity index (χ0) is 22.6. The molecule has 0 spiro atoms. The molecule has 1 saturated heterocycles. The first-order chi connectivity index (χ1) is 16.0. The number of aromatic nitrogens is 5. The summed E-state index contributed by atoms with van der Waals surface area (Å²) in [6.45, 7) is 2.62. The molecule has 6 rings (SSSR count). The summed E-state index contributed by atoms with van der Waals surface area (Å²) in [7, 11) is -3.10. The molecule has 3 fully saturated rings. The van der Waals surface area contributed by atoms with E-state index in [1.807, 2.05) is 29.3 Å². The Morgan fingerprint density at radius 3 is 2.70 bits per heavy atom. The van der Waals surface area contributed by atoms with E-state index in [1.54, 1.807) is 10.6 Å². The molecule has 10 nitrogen and oxygen atoms in total. The maximum absolute atomic E-state index is 12.5. The molecule has 3 aromatic rings. The van der Waals surface area contributed by atoms with Crippen LogP contribution in [0.25, 0.3) is 22.3 Å². The second-order valence-corrected chi connectivity index (χ2v) is 11.6. The normalized spacial score (nSPS) is 26.8. The average Bonchev–Trinajstić information content (AvgIpc) is 3.36. The van der Waals surface area contributed by atoms with E-state index in [4.69, 9.17) is 0 Å². The van der Waals surface area contributed by atoms with Gasteiger partial charge in [0.05, 0.1) is 35.2 Å². The first kappa shape index (κ1) is 20.8. The highest BCUT2D eigenvalue weighted by molar-refractivity contribution is 7.90. The van der Waals surface area contributed by atoms with Gasteiger partial charge < -0.3 is 4.98 Å². The van der Waals surface area contributed by atoms with E-state index in [1.165, 1.54) is 0 Å². The maximum atomic E-state index is 12.5. The average molecular weight is 467 g/mol. The standard InChI is InChI=1S/C22H26N8O2S/c23-5-4-22(30-14-16(13-27-30)20-19-3-6-24-21(19)26-15-25-20)11-17(12-22)28-7-9-29(10-8-28)33(31,32)18-1-2-18/h3,6,13-15,17-18H,1-2,4,7-12H2,(H,24,25,26)/t17-,22-. The van der Waals surface area contributed by atoms with Gasteiger partial charge >= 0.3 is 0 Å². The molecule has 3 aromatic heterocycles. The van der Waals surface area contributed by atoms with Crippen LogP contribution in [0.2, 0.25) is 0 Å². The van der Waals surface area contributed by atoms with Crippen molar-refractivity contribution >= 4 is 21.1 Å². The monoisotopic (exact) mass is 466 g/mol. The van der Waals surface area contributed by atoms with Crippen LogP contribution in [-0.2, 0) is 15.6 Å². The molecular formula is C22H26N8O2S. The summed E-state index contributed by atoms with van der Waals surface area (Å²) in [5.41, 5.74) is 2.18. The molecule has 2 saturated carbocycles. The fraction of sp³-hybridized carbons (Fsp3) is 0.545. The minimum atomic E-state index is -3.10. The SMILES string of the molecule is N#CC[C@]1(n2cc(-c3ncnc4[nH]ccc34)cn2)C[C@H](N2CCN(S(=O)(=O)C3CC3)CC2)C1. The van der Waals surface area contributed by atoms with Crippen LogP contribution in [0.15, 0.2) is 31.0 Å². The third-order valence-electron chi connectivity index (χ3n) is 7.43. The Hall–Kier alpha value is -2.81. The molecule has 1 N–H and O–H groups in total. The van der Waals surface area contributed by atoms with Gasteiger partial charge in [0.1, 0.15) is 12.0 Å². The first-order valence-corrected chi connectivity index (χ1v) is 12.9. The molecule has 0 aromatic carbocycles. The fourth-order valence-corrected chi connectivity index (χ4v) is 7.17. The van der Waals surface area contributed by atoms with Gasteiger partial charge in [0.15, 0.2) is 0 Å². The van der Waals surface area contributed by atoms with E-state index >= 15 is 0 Å². The summed E-state index contributed by atoms with van der Waals surface area (Å²) in [5.74, 6) is 0. The van der Waals surface area contributed by atoms with Crippen LogP contribution in [0.3, 0.4) is 0 Å². The quantitative estimate of drug-likeness (QED) is 0.586. The number of sulfonamides is 1.